The minimum absolute atomic E-state index is 0.186. The zero-order chi connectivity index (χ0) is 17.2. The number of likely N-dealkylation sites (tertiary alicyclic amines) is 1. The van der Waals surface area contributed by atoms with Gasteiger partial charge in [-0.2, -0.15) is 0 Å². The van der Waals surface area contributed by atoms with Gasteiger partial charge < -0.3 is 9.47 Å². The topological polar surface area (TPSA) is 42.3 Å². The van der Waals surface area contributed by atoms with Gasteiger partial charge in [-0.25, -0.2) is 0 Å². The number of carbonyl (C=O) groups excluding carboxylic acids is 2. The van der Waals surface area contributed by atoms with Gasteiger partial charge in [-0.3, -0.25) is 9.59 Å². The molecule has 130 valence electrons. The van der Waals surface area contributed by atoms with Crippen molar-refractivity contribution in [1.29, 1.82) is 0 Å². The molecule has 4 heteroatoms. The number of hydrogen-bond acceptors (Lipinski definition) is 2. The standard InChI is InChI=1S/C21H24N2O2/c1-2-21-9-15(21)10-23(13-21)19(24)12-22-11-17(20(25)14-7-8-14)16-5-3-4-6-18(16)22/h3-6,11,14-15H,2,7-10,12-13H2,1H3. The molecule has 1 aromatic heterocycles. The summed E-state index contributed by atoms with van der Waals surface area (Å²) < 4.78 is 1.98. The van der Waals surface area contributed by atoms with Crippen LogP contribution in [0.5, 0.6) is 0 Å². The van der Waals surface area contributed by atoms with Crippen molar-refractivity contribution in [1.82, 2.24) is 9.47 Å². The summed E-state index contributed by atoms with van der Waals surface area (Å²) in [6.07, 6.45) is 6.39. The van der Waals surface area contributed by atoms with E-state index in [1.54, 1.807) is 0 Å². The van der Waals surface area contributed by atoms with Crippen LogP contribution in [0.15, 0.2) is 30.5 Å². The van der Waals surface area contributed by atoms with Gasteiger partial charge in [-0.1, -0.05) is 25.1 Å². The van der Waals surface area contributed by atoms with E-state index in [-0.39, 0.29) is 17.6 Å². The van der Waals surface area contributed by atoms with Crippen molar-refractivity contribution < 1.29 is 9.59 Å². The third-order valence-electron chi connectivity index (χ3n) is 6.67. The van der Waals surface area contributed by atoms with Crippen molar-refractivity contribution in [3.8, 4) is 0 Å². The molecule has 0 spiro atoms. The zero-order valence-corrected chi connectivity index (χ0v) is 14.7. The van der Waals surface area contributed by atoms with Crippen LogP contribution >= 0.6 is 0 Å². The molecule has 1 amide bonds. The predicted octanol–water partition coefficient (Wildman–Crippen LogP) is 3.49. The van der Waals surface area contributed by atoms with E-state index in [0.717, 1.165) is 48.3 Å². The Morgan fingerprint density at radius 2 is 2.04 bits per heavy atom. The first kappa shape index (κ1) is 15.2. The molecule has 5 rings (SSSR count). The minimum Gasteiger partial charge on any atom is -0.340 e. The second-order valence-electron chi connectivity index (χ2n) is 8.22. The fourth-order valence-electron chi connectivity index (χ4n) is 4.71. The van der Waals surface area contributed by atoms with Gasteiger partial charge in [0.25, 0.3) is 0 Å². The maximum atomic E-state index is 12.8. The number of benzene rings is 1. The SMILES string of the molecule is CCC12CC1CN(C(=O)Cn1cc(C(=O)C3CC3)c3ccccc31)C2. The van der Waals surface area contributed by atoms with E-state index in [2.05, 4.69) is 6.92 Å². The molecule has 1 aliphatic heterocycles. The molecule has 2 saturated carbocycles. The summed E-state index contributed by atoms with van der Waals surface area (Å²) in [4.78, 5) is 27.5. The molecule has 3 fully saturated rings. The summed E-state index contributed by atoms with van der Waals surface area (Å²) in [6, 6.07) is 7.97. The molecule has 2 heterocycles. The van der Waals surface area contributed by atoms with E-state index in [1.807, 2.05) is 39.9 Å². The van der Waals surface area contributed by atoms with Crippen LogP contribution in [0.2, 0.25) is 0 Å². The Kier molecular flexibility index (Phi) is 3.16. The number of para-hydroxylation sites is 1. The van der Waals surface area contributed by atoms with Gasteiger partial charge in [-0.05, 0) is 43.1 Å². The second-order valence-corrected chi connectivity index (χ2v) is 8.22. The highest BCUT2D eigenvalue weighted by molar-refractivity contribution is 6.10. The van der Waals surface area contributed by atoms with Crippen molar-refractivity contribution in [2.75, 3.05) is 13.1 Å². The van der Waals surface area contributed by atoms with E-state index >= 15 is 0 Å². The number of hydrogen-bond donors (Lipinski definition) is 0. The summed E-state index contributed by atoms with van der Waals surface area (Å²) in [5.41, 5.74) is 2.20. The lowest BCUT2D eigenvalue weighted by molar-refractivity contribution is -0.131. The smallest absolute Gasteiger partial charge is 0.242 e. The van der Waals surface area contributed by atoms with Crippen molar-refractivity contribution in [2.24, 2.45) is 17.3 Å². The third-order valence-corrected chi connectivity index (χ3v) is 6.67. The zero-order valence-electron chi connectivity index (χ0n) is 14.7. The van der Waals surface area contributed by atoms with Gasteiger partial charge in [0, 0.05) is 41.7 Å². The first-order valence-electron chi connectivity index (χ1n) is 9.51. The molecular weight excluding hydrogens is 312 g/mol. The number of rotatable bonds is 5. The van der Waals surface area contributed by atoms with Crippen LogP contribution < -0.4 is 0 Å². The van der Waals surface area contributed by atoms with E-state index in [9.17, 15) is 9.59 Å². The number of ketones is 1. The first-order chi connectivity index (χ1) is 12.1. The fourth-order valence-corrected chi connectivity index (χ4v) is 4.71. The fraction of sp³-hybridized carbons (Fsp3) is 0.524. The summed E-state index contributed by atoms with van der Waals surface area (Å²) in [7, 11) is 0. The Labute approximate surface area is 147 Å². The number of aromatic nitrogens is 1. The molecule has 2 aliphatic carbocycles. The molecule has 25 heavy (non-hydrogen) atoms. The lowest BCUT2D eigenvalue weighted by Crippen LogP contribution is -2.34. The van der Waals surface area contributed by atoms with Crippen LogP contribution in [-0.4, -0.2) is 34.2 Å². The minimum atomic E-state index is 0.186. The highest BCUT2D eigenvalue weighted by atomic mass is 16.2. The van der Waals surface area contributed by atoms with Crippen LogP contribution in [-0.2, 0) is 11.3 Å². The van der Waals surface area contributed by atoms with Gasteiger partial charge in [0.15, 0.2) is 5.78 Å². The summed E-state index contributed by atoms with van der Waals surface area (Å²) >= 11 is 0. The predicted molar refractivity (Wildman–Crippen MR) is 96.4 cm³/mol. The summed E-state index contributed by atoms with van der Waals surface area (Å²) in [6.45, 7) is 4.41. The Morgan fingerprint density at radius 1 is 1.24 bits per heavy atom. The van der Waals surface area contributed by atoms with Gasteiger partial charge >= 0.3 is 0 Å². The molecule has 4 nitrogen and oxygen atoms in total. The molecule has 1 aromatic carbocycles. The van der Waals surface area contributed by atoms with Crippen LogP contribution in [0.4, 0.5) is 0 Å². The quantitative estimate of drug-likeness (QED) is 0.784. The molecule has 2 aromatic rings. The Hall–Kier alpha value is -2.10. The molecule has 2 unspecified atom stereocenters. The molecule has 0 bridgehead atoms. The lowest BCUT2D eigenvalue weighted by Gasteiger charge is -2.21. The van der Waals surface area contributed by atoms with Gasteiger partial charge in [-0.15, -0.1) is 0 Å². The largest absolute Gasteiger partial charge is 0.340 e. The average molecular weight is 336 g/mol. The molecule has 1 saturated heterocycles. The molecule has 2 atom stereocenters. The van der Waals surface area contributed by atoms with E-state index in [1.165, 1.54) is 12.8 Å². The first-order valence-corrected chi connectivity index (χ1v) is 9.51. The molecule has 0 N–H and O–H groups in total. The average Bonchev–Trinajstić information content (AvgIpc) is 3.54. The summed E-state index contributed by atoms with van der Waals surface area (Å²) in [5.74, 6) is 1.35. The van der Waals surface area contributed by atoms with Crippen molar-refractivity contribution >= 4 is 22.6 Å². The van der Waals surface area contributed by atoms with Gasteiger partial charge in [0.2, 0.25) is 5.91 Å². The maximum Gasteiger partial charge on any atom is 0.242 e. The normalized spacial score (nSPS) is 27.6. The van der Waals surface area contributed by atoms with Gasteiger partial charge in [0.1, 0.15) is 6.54 Å². The van der Waals surface area contributed by atoms with E-state index in [4.69, 9.17) is 0 Å². The van der Waals surface area contributed by atoms with Crippen LogP contribution in [0, 0.1) is 17.3 Å². The summed E-state index contributed by atoms with van der Waals surface area (Å²) in [5, 5.41) is 0.987. The second kappa shape index (κ2) is 5.20. The maximum absolute atomic E-state index is 12.8. The van der Waals surface area contributed by atoms with Crippen LogP contribution in [0.3, 0.4) is 0 Å². The number of amides is 1. The van der Waals surface area contributed by atoms with Crippen LogP contribution in [0.25, 0.3) is 10.9 Å². The molecular formula is C21H24N2O2. The van der Waals surface area contributed by atoms with Crippen molar-refractivity contribution in [3.05, 3.63) is 36.0 Å². The Morgan fingerprint density at radius 3 is 2.76 bits per heavy atom. The molecule has 0 radical (unpaired) electrons. The number of Topliss-reactive ketones (excluding diaryl/α,β-unsaturated/α-hetero) is 1. The number of fused-ring (bicyclic) bond motifs is 2. The number of carbonyl (C=O) groups is 2. The van der Waals surface area contributed by atoms with Crippen molar-refractivity contribution in [2.45, 2.75) is 39.2 Å². The Balaban J connectivity index is 1.41. The highest BCUT2D eigenvalue weighted by Crippen LogP contribution is 2.59. The van der Waals surface area contributed by atoms with Crippen molar-refractivity contribution in [3.63, 3.8) is 0 Å². The number of nitrogens with zero attached hydrogens (tertiary/aromatic N) is 2. The molecule has 3 aliphatic rings. The van der Waals surface area contributed by atoms with E-state index < -0.39 is 0 Å². The monoisotopic (exact) mass is 336 g/mol. The third kappa shape index (κ3) is 2.34. The van der Waals surface area contributed by atoms with E-state index in [0.29, 0.717) is 12.0 Å². The van der Waals surface area contributed by atoms with Gasteiger partial charge in [0.05, 0.1) is 0 Å². The van der Waals surface area contributed by atoms with Crippen LogP contribution in [0.1, 0.15) is 43.0 Å². The Bertz CT molecular complexity index is 875. The lowest BCUT2D eigenvalue weighted by atomic mass is 10.0. The number of piperidine rings is 1. The highest BCUT2D eigenvalue weighted by Gasteiger charge is 2.59.